The fraction of sp³-hybridized carbons (Fsp3) is 0.444. The molecule has 0 spiro atoms. The molecule has 2 rings (SSSR count). The normalized spacial score (nSPS) is 14.1. The van der Waals surface area contributed by atoms with Crippen molar-refractivity contribution in [2.75, 3.05) is 36.9 Å². The van der Waals surface area contributed by atoms with E-state index in [1.54, 1.807) is 6.20 Å². The average Bonchev–Trinajstić information content (AvgIpc) is 2.19. The number of nitrogens with two attached hydrogens (primary N) is 1. The predicted molar refractivity (Wildman–Crippen MR) is 73.4 cm³/mol. The molecule has 0 unspecified atom stereocenters. The van der Waals surface area contributed by atoms with E-state index in [0.29, 0.717) is 5.69 Å². The molecule has 0 saturated carbocycles. The highest BCUT2D eigenvalue weighted by Crippen LogP contribution is 2.16. The lowest BCUT2D eigenvalue weighted by Gasteiger charge is -2.28. The summed E-state index contributed by atoms with van der Waals surface area (Å²) in [6.07, 6.45) is 3.49. The Balaban J connectivity index is 0. The van der Waals surface area contributed by atoms with Crippen LogP contribution in [0.25, 0.3) is 0 Å². The molecule has 1 fully saturated rings. The van der Waals surface area contributed by atoms with E-state index in [2.05, 4.69) is 9.88 Å². The molecule has 0 atom stereocenters. The van der Waals surface area contributed by atoms with E-state index < -0.39 is 0 Å². The minimum absolute atomic E-state index is 0. The number of rotatable bonds is 1. The zero-order valence-corrected chi connectivity index (χ0v) is 11.1. The molecule has 1 aromatic rings. The van der Waals surface area contributed by atoms with Crippen LogP contribution >= 0.6 is 37.2 Å². The molecule has 0 aromatic carbocycles. The number of hydrogen-bond acceptors (Lipinski definition) is 4. The molecule has 7 heteroatoms. The van der Waals surface area contributed by atoms with Crippen LogP contribution in [0.1, 0.15) is 0 Å². The Morgan fingerprint density at radius 3 is 2.31 bits per heavy atom. The first kappa shape index (κ1) is 18.0. The maximum Gasteiger partial charge on any atom is 0.0642 e. The highest BCUT2D eigenvalue weighted by molar-refractivity contribution is 5.86. The first-order valence-electron chi connectivity index (χ1n) is 4.39. The Morgan fingerprint density at radius 2 is 1.75 bits per heavy atom. The summed E-state index contributed by atoms with van der Waals surface area (Å²) in [6, 6.07) is 1.94. The lowest BCUT2D eigenvalue weighted by atomic mass is 10.3. The lowest BCUT2D eigenvalue weighted by Crippen LogP contribution is -2.36. The van der Waals surface area contributed by atoms with Gasteiger partial charge in [0.2, 0.25) is 0 Å². The molecule has 16 heavy (non-hydrogen) atoms. The maximum absolute atomic E-state index is 5.64. The van der Waals surface area contributed by atoms with Crippen LogP contribution in [0.15, 0.2) is 18.5 Å². The monoisotopic (exact) mass is 287 g/mol. The van der Waals surface area contributed by atoms with E-state index in [4.69, 9.17) is 10.5 Å². The SMILES string of the molecule is Cl.Cl.Cl.Nc1cncc(N2CCOCC2)c1. The summed E-state index contributed by atoms with van der Waals surface area (Å²) in [5.74, 6) is 0. The first-order valence-corrected chi connectivity index (χ1v) is 4.39. The molecule has 4 nitrogen and oxygen atoms in total. The minimum Gasteiger partial charge on any atom is -0.397 e. The number of nitrogen functional groups attached to an aromatic ring is 1. The third kappa shape index (κ3) is 4.61. The van der Waals surface area contributed by atoms with Crippen LogP contribution in [0.3, 0.4) is 0 Å². The van der Waals surface area contributed by atoms with Gasteiger partial charge in [0.25, 0.3) is 0 Å². The molecule has 1 aliphatic rings. The summed E-state index contributed by atoms with van der Waals surface area (Å²) in [4.78, 5) is 6.28. The summed E-state index contributed by atoms with van der Waals surface area (Å²) < 4.78 is 5.26. The number of pyridine rings is 1. The molecule has 0 amide bonds. The fourth-order valence-corrected chi connectivity index (χ4v) is 1.44. The van der Waals surface area contributed by atoms with Gasteiger partial charge in [-0.3, -0.25) is 4.98 Å². The van der Waals surface area contributed by atoms with Gasteiger partial charge in [0, 0.05) is 19.3 Å². The van der Waals surface area contributed by atoms with Gasteiger partial charge in [-0.05, 0) is 6.07 Å². The average molecular weight is 289 g/mol. The molecule has 1 saturated heterocycles. The molecular weight excluding hydrogens is 272 g/mol. The van der Waals surface area contributed by atoms with Crippen LogP contribution in [0.5, 0.6) is 0 Å². The summed E-state index contributed by atoms with van der Waals surface area (Å²) in [5, 5.41) is 0. The van der Waals surface area contributed by atoms with Crippen molar-refractivity contribution < 1.29 is 4.74 Å². The van der Waals surface area contributed by atoms with Crippen LogP contribution in [-0.2, 0) is 4.74 Å². The van der Waals surface area contributed by atoms with Gasteiger partial charge in [0.1, 0.15) is 0 Å². The van der Waals surface area contributed by atoms with Gasteiger partial charge in [0.05, 0.1) is 30.8 Å². The maximum atomic E-state index is 5.64. The van der Waals surface area contributed by atoms with Crippen molar-refractivity contribution in [1.82, 2.24) is 4.98 Å². The van der Waals surface area contributed by atoms with Gasteiger partial charge in [-0.25, -0.2) is 0 Å². The minimum atomic E-state index is 0. The molecule has 2 N–H and O–H groups in total. The van der Waals surface area contributed by atoms with Crippen molar-refractivity contribution in [3.8, 4) is 0 Å². The van der Waals surface area contributed by atoms with E-state index in [0.717, 1.165) is 32.0 Å². The van der Waals surface area contributed by atoms with E-state index in [9.17, 15) is 0 Å². The highest BCUT2D eigenvalue weighted by Gasteiger charge is 2.10. The molecule has 2 heterocycles. The van der Waals surface area contributed by atoms with Gasteiger partial charge in [-0.15, -0.1) is 37.2 Å². The van der Waals surface area contributed by atoms with Crippen LogP contribution in [0.4, 0.5) is 11.4 Å². The first-order chi connectivity index (χ1) is 6.36. The van der Waals surface area contributed by atoms with Crippen LogP contribution in [0.2, 0.25) is 0 Å². The Hall–Kier alpha value is -0.420. The topological polar surface area (TPSA) is 51.4 Å². The summed E-state index contributed by atoms with van der Waals surface area (Å²) >= 11 is 0. The smallest absolute Gasteiger partial charge is 0.0642 e. The van der Waals surface area contributed by atoms with E-state index in [1.165, 1.54) is 0 Å². The number of halogens is 3. The molecule has 0 aliphatic carbocycles. The lowest BCUT2D eigenvalue weighted by molar-refractivity contribution is 0.122. The molecule has 1 aromatic heterocycles. The van der Waals surface area contributed by atoms with E-state index in [-0.39, 0.29) is 37.2 Å². The van der Waals surface area contributed by atoms with E-state index >= 15 is 0 Å². The number of ether oxygens (including phenoxy) is 1. The predicted octanol–water partition coefficient (Wildman–Crippen LogP) is 1.77. The Morgan fingerprint density at radius 1 is 1.12 bits per heavy atom. The number of anilines is 2. The van der Waals surface area contributed by atoms with Crippen molar-refractivity contribution in [3.05, 3.63) is 18.5 Å². The summed E-state index contributed by atoms with van der Waals surface area (Å²) in [5.41, 5.74) is 7.44. The second-order valence-electron chi connectivity index (χ2n) is 3.08. The Bertz CT molecular complexity index is 295. The molecule has 94 valence electrons. The zero-order chi connectivity index (χ0) is 9.10. The van der Waals surface area contributed by atoms with E-state index in [1.807, 2.05) is 12.3 Å². The zero-order valence-electron chi connectivity index (χ0n) is 8.67. The molecule has 0 radical (unpaired) electrons. The van der Waals surface area contributed by atoms with Gasteiger partial charge < -0.3 is 15.4 Å². The van der Waals surface area contributed by atoms with Crippen molar-refractivity contribution in [1.29, 1.82) is 0 Å². The quantitative estimate of drug-likeness (QED) is 0.856. The van der Waals surface area contributed by atoms with Gasteiger partial charge in [-0.1, -0.05) is 0 Å². The standard InChI is InChI=1S/C9H13N3O.3ClH/c10-8-5-9(7-11-6-8)12-1-3-13-4-2-12;;;/h5-7H,1-4,10H2;3*1H. The number of nitrogens with zero attached hydrogens (tertiary/aromatic N) is 2. The summed E-state index contributed by atoms with van der Waals surface area (Å²) in [6.45, 7) is 3.42. The Kier molecular flexibility index (Phi) is 9.77. The van der Waals surface area contributed by atoms with Crippen molar-refractivity contribution >= 4 is 48.6 Å². The molecular formula is C9H16Cl3N3O. The molecule has 0 bridgehead atoms. The summed E-state index contributed by atoms with van der Waals surface area (Å²) in [7, 11) is 0. The highest BCUT2D eigenvalue weighted by atomic mass is 35.5. The third-order valence-electron chi connectivity index (χ3n) is 2.12. The fourth-order valence-electron chi connectivity index (χ4n) is 1.44. The van der Waals surface area contributed by atoms with Gasteiger partial charge in [-0.2, -0.15) is 0 Å². The second-order valence-corrected chi connectivity index (χ2v) is 3.08. The number of aromatic nitrogens is 1. The number of morpholine rings is 1. The Labute approximate surface area is 114 Å². The van der Waals surface area contributed by atoms with Crippen molar-refractivity contribution in [3.63, 3.8) is 0 Å². The van der Waals surface area contributed by atoms with Gasteiger partial charge in [0.15, 0.2) is 0 Å². The van der Waals surface area contributed by atoms with Crippen LogP contribution in [0, 0.1) is 0 Å². The van der Waals surface area contributed by atoms with Crippen LogP contribution < -0.4 is 10.6 Å². The second kappa shape index (κ2) is 8.70. The van der Waals surface area contributed by atoms with Crippen molar-refractivity contribution in [2.45, 2.75) is 0 Å². The molecule has 1 aliphatic heterocycles. The van der Waals surface area contributed by atoms with Crippen LogP contribution in [-0.4, -0.2) is 31.3 Å². The number of hydrogen-bond donors (Lipinski definition) is 1. The third-order valence-corrected chi connectivity index (χ3v) is 2.12. The van der Waals surface area contributed by atoms with Crippen molar-refractivity contribution in [2.24, 2.45) is 0 Å². The largest absolute Gasteiger partial charge is 0.397 e. The van der Waals surface area contributed by atoms with Gasteiger partial charge >= 0.3 is 0 Å².